The minimum absolute atomic E-state index is 0.0121. The number of benzene rings is 4. The fourth-order valence-corrected chi connectivity index (χ4v) is 7.33. The van der Waals surface area contributed by atoms with Gasteiger partial charge in [0.15, 0.2) is 16.8 Å². The summed E-state index contributed by atoms with van der Waals surface area (Å²) < 4.78 is 69.7. The highest BCUT2D eigenvalue weighted by Crippen LogP contribution is 2.40. The van der Waals surface area contributed by atoms with Crippen LogP contribution in [0.5, 0.6) is 5.88 Å². The predicted molar refractivity (Wildman–Crippen MR) is 192 cm³/mol. The van der Waals surface area contributed by atoms with Crippen LogP contribution < -0.4 is 9.46 Å². The highest BCUT2D eigenvalue weighted by molar-refractivity contribution is 7.98. The molecule has 259 valence electrons. The van der Waals surface area contributed by atoms with Crippen molar-refractivity contribution in [2.75, 3.05) is 17.9 Å². The average Bonchev–Trinajstić information content (AvgIpc) is 3.16. The fourth-order valence-electron chi connectivity index (χ4n) is 5.57. The maximum atomic E-state index is 14.3. The van der Waals surface area contributed by atoms with Crippen molar-refractivity contribution >= 4 is 27.5 Å². The number of sulfonamides is 1. The van der Waals surface area contributed by atoms with Gasteiger partial charge in [-0.2, -0.15) is 4.98 Å². The summed E-state index contributed by atoms with van der Waals surface area (Å²) in [5.74, 6) is -2.02. The molecule has 0 spiro atoms. The molecule has 1 N–H and O–H groups in total. The Kier molecular flexibility index (Phi) is 11.3. The van der Waals surface area contributed by atoms with Crippen molar-refractivity contribution in [3.8, 4) is 5.88 Å². The number of thioether (sulfide) groups is 1. The highest BCUT2D eigenvalue weighted by atomic mass is 32.2. The Balaban J connectivity index is 1.26. The molecule has 0 aliphatic carbocycles. The molecule has 6 rings (SSSR count). The Morgan fingerprint density at radius 3 is 2.00 bits per heavy atom. The number of hydrogen-bond acceptors (Lipinski definition) is 8. The summed E-state index contributed by atoms with van der Waals surface area (Å²) >= 11 is 1.02. The molecular formula is C39H33F2N4O4S2. The molecule has 2 heterocycles. The molecule has 4 aromatic carbocycles. The molecule has 0 bridgehead atoms. The second-order valence-electron chi connectivity index (χ2n) is 11.5. The van der Waals surface area contributed by atoms with Crippen molar-refractivity contribution in [2.45, 2.75) is 34.2 Å². The molecule has 0 amide bonds. The third-order valence-corrected chi connectivity index (χ3v) is 10.3. The van der Waals surface area contributed by atoms with Gasteiger partial charge in [-0.25, -0.2) is 22.2 Å². The standard InChI is InChI=1S/C39H33F2N4O4S2/c1-28(25-48-27-39(30-13-5-2-6-14-30,31-15-7-3-8-16-31)32-17-9-4-10-18-32)49-37-35(45-51(46,47)33-20-22-42-23-21-33)24-43-38(44-37)50-26-29-12-11-19-34(40)36(29)41/h2-23,28,45H,25-27H2,1H3/t28-/m1/s1. The molecule has 51 heavy (non-hydrogen) atoms. The zero-order chi connectivity index (χ0) is 35.7. The van der Waals surface area contributed by atoms with E-state index in [1.54, 1.807) is 6.92 Å². The van der Waals surface area contributed by atoms with Gasteiger partial charge in [0.1, 0.15) is 18.0 Å². The van der Waals surface area contributed by atoms with E-state index in [0.717, 1.165) is 34.5 Å². The van der Waals surface area contributed by atoms with Crippen molar-refractivity contribution in [3.05, 3.63) is 174 Å². The number of hydrogen-bond donors (Lipinski definition) is 1. The van der Waals surface area contributed by atoms with E-state index < -0.39 is 33.2 Å². The number of ether oxygens (including phenoxy) is 2. The molecular weight excluding hydrogens is 691 g/mol. The van der Waals surface area contributed by atoms with Crippen LogP contribution in [0.4, 0.5) is 14.5 Å². The largest absolute Gasteiger partial charge is 0.471 e. The summed E-state index contributed by atoms with van der Waals surface area (Å²) in [6.07, 6.45) is 4.76. The molecule has 0 saturated heterocycles. The molecule has 1 radical (unpaired) electrons. The number of nitrogens with zero attached hydrogens (tertiary/aromatic N) is 3. The second-order valence-corrected chi connectivity index (χ2v) is 14.2. The van der Waals surface area contributed by atoms with Gasteiger partial charge in [-0.15, -0.1) is 0 Å². The van der Waals surface area contributed by atoms with Crippen LogP contribution in [0.25, 0.3) is 0 Å². The van der Waals surface area contributed by atoms with E-state index in [2.05, 4.69) is 62.3 Å². The number of aromatic nitrogens is 3. The molecule has 0 fully saturated rings. The zero-order valence-corrected chi connectivity index (χ0v) is 29.1. The summed E-state index contributed by atoms with van der Waals surface area (Å²) in [7, 11) is -4.09. The van der Waals surface area contributed by atoms with Gasteiger partial charge in [0.05, 0.1) is 23.5 Å². The molecule has 0 aliphatic rings. The first-order chi connectivity index (χ1) is 24.8. The van der Waals surface area contributed by atoms with Crippen LogP contribution in [-0.2, 0) is 25.9 Å². The fraction of sp³-hybridized carbons (Fsp3) is 0.154. The topological polar surface area (TPSA) is 103 Å². The van der Waals surface area contributed by atoms with E-state index in [1.807, 2.05) is 54.6 Å². The Morgan fingerprint density at radius 2 is 1.41 bits per heavy atom. The summed E-state index contributed by atoms with van der Waals surface area (Å²) in [4.78, 5) is 12.4. The van der Waals surface area contributed by atoms with Crippen molar-refractivity contribution < 1.29 is 26.7 Å². The quantitative estimate of drug-likeness (QED) is 0.0649. The first kappa shape index (κ1) is 35.6. The van der Waals surface area contributed by atoms with Crippen molar-refractivity contribution in [2.24, 2.45) is 0 Å². The van der Waals surface area contributed by atoms with Crippen LogP contribution in [0.15, 0.2) is 144 Å². The molecule has 1 atom stereocenters. The minimum Gasteiger partial charge on any atom is -0.471 e. The van der Waals surface area contributed by atoms with Crippen LogP contribution in [0, 0.1) is 17.8 Å². The Labute approximate surface area is 300 Å². The average molecular weight is 724 g/mol. The van der Waals surface area contributed by atoms with Gasteiger partial charge < -0.3 is 9.47 Å². The van der Waals surface area contributed by atoms with Gasteiger partial charge in [-0.1, -0.05) is 115 Å². The summed E-state index contributed by atoms with van der Waals surface area (Å²) in [5.41, 5.74) is 2.47. The van der Waals surface area contributed by atoms with E-state index in [0.29, 0.717) is 0 Å². The Hall–Kier alpha value is -5.17. The number of nitrogens with one attached hydrogen (secondary N) is 1. The lowest BCUT2D eigenvalue weighted by atomic mass is 9.70. The maximum absolute atomic E-state index is 14.3. The van der Waals surface area contributed by atoms with Crippen LogP contribution in [0.2, 0.25) is 0 Å². The normalized spacial score (nSPS) is 12.3. The third kappa shape index (κ3) is 8.42. The molecule has 2 aromatic heterocycles. The van der Waals surface area contributed by atoms with E-state index >= 15 is 0 Å². The van der Waals surface area contributed by atoms with Crippen LogP contribution in [0.3, 0.4) is 0 Å². The Bertz CT molecular complexity index is 2050. The lowest BCUT2D eigenvalue weighted by molar-refractivity contribution is 0.0422. The van der Waals surface area contributed by atoms with Gasteiger partial charge >= 0.3 is 0 Å². The summed E-state index contributed by atoms with van der Waals surface area (Å²) in [6, 6.07) is 37.0. The van der Waals surface area contributed by atoms with Crippen LogP contribution in [0.1, 0.15) is 29.2 Å². The van der Waals surface area contributed by atoms with E-state index in [9.17, 15) is 17.2 Å². The lowest BCUT2D eigenvalue weighted by Crippen LogP contribution is -2.36. The molecule has 0 unspecified atom stereocenters. The first-order valence-corrected chi connectivity index (χ1v) is 18.4. The molecule has 8 nitrogen and oxygen atoms in total. The molecule has 0 saturated carbocycles. The van der Waals surface area contributed by atoms with Crippen molar-refractivity contribution in [3.63, 3.8) is 0 Å². The molecule has 0 aliphatic heterocycles. The lowest BCUT2D eigenvalue weighted by Gasteiger charge is -2.36. The summed E-state index contributed by atoms with van der Waals surface area (Å²) in [6.45, 7) is 2.13. The number of rotatable bonds is 15. The third-order valence-electron chi connectivity index (χ3n) is 8.04. The number of pyridine rings is 1. The maximum Gasteiger partial charge on any atom is 0.262 e. The van der Waals surface area contributed by atoms with E-state index in [1.165, 1.54) is 36.7 Å². The predicted octanol–water partition coefficient (Wildman–Crippen LogP) is 7.86. The zero-order valence-electron chi connectivity index (χ0n) is 27.4. The Morgan fingerprint density at radius 1 is 0.824 bits per heavy atom. The first-order valence-electron chi connectivity index (χ1n) is 16.0. The van der Waals surface area contributed by atoms with Crippen molar-refractivity contribution in [1.29, 1.82) is 0 Å². The van der Waals surface area contributed by atoms with Gasteiger partial charge in [-0.3, -0.25) is 9.71 Å². The van der Waals surface area contributed by atoms with Gasteiger partial charge in [0.2, 0.25) is 5.88 Å². The van der Waals surface area contributed by atoms with E-state index in [4.69, 9.17) is 9.47 Å². The van der Waals surface area contributed by atoms with Crippen LogP contribution in [-0.4, -0.2) is 42.7 Å². The van der Waals surface area contributed by atoms with E-state index in [-0.39, 0.29) is 46.1 Å². The minimum atomic E-state index is -4.09. The number of anilines is 1. The number of halogens is 2. The van der Waals surface area contributed by atoms with Gasteiger partial charge in [0.25, 0.3) is 10.0 Å². The molecule has 6 aromatic rings. The monoisotopic (exact) mass is 723 g/mol. The smallest absolute Gasteiger partial charge is 0.262 e. The van der Waals surface area contributed by atoms with Crippen molar-refractivity contribution in [1.82, 2.24) is 15.0 Å². The van der Waals surface area contributed by atoms with Gasteiger partial charge in [0, 0.05) is 23.7 Å². The SMILES string of the molecule is C[C@H](COCC(c1ccccc1)(c1ccccc1)c1ccccc1)Oc1nc(SCc2cccc(F)c2F)n[c]c1NS(=O)(=O)c1ccncc1. The van der Waals surface area contributed by atoms with Crippen LogP contribution >= 0.6 is 11.8 Å². The summed E-state index contributed by atoms with van der Waals surface area (Å²) in [5, 5.41) is 0.116. The molecule has 12 heteroatoms. The van der Waals surface area contributed by atoms with Gasteiger partial charge in [-0.05, 0) is 41.8 Å². The highest BCUT2D eigenvalue weighted by Gasteiger charge is 2.37. The second kappa shape index (κ2) is 16.2.